The van der Waals surface area contributed by atoms with Crippen LogP contribution in [-0.4, -0.2) is 16.1 Å². The molecule has 0 aliphatic carbocycles. The second-order valence-electron chi connectivity index (χ2n) is 4.90. The average molecular weight is 292 g/mol. The summed E-state index contributed by atoms with van der Waals surface area (Å²) in [4.78, 5) is 12.0. The SMILES string of the molecule is CCc1[nH]nc(-c2ccccc2Cl)c1NC(=O)C(C)C. The van der Waals surface area contributed by atoms with Gasteiger partial charge in [-0.1, -0.05) is 50.6 Å². The van der Waals surface area contributed by atoms with Gasteiger partial charge in [0.15, 0.2) is 0 Å². The molecule has 2 rings (SSSR count). The molecule has 20 heavy (non-hydrogen) atoms. The fraction of sp³-hybridized carbons (Fsp3) is 0.333. The zero-order valence-corrected chi connectivity index (χ0v) is 12.6. The van der Waals surface area contributed by atoms with E-state index in [9.17, 15) is 4.79 Å². The number of aromatic nitrogens is 2. The minimum Gasteiger partial charge on any atom is -0.322 e. The molecule has 0 saturated heterocycles. The van der Waals surface area contributed by atoms with Gasteiger partial charge in [-0.2, -0.15) is 5.10 Å². The Hall–Kier alpha value is -1.81. The van der Waals surface area contributed by atoms with Crippen molar-refractivity contribution in [2.24, 2.45) is 5.92 Å². The summed E-state index contributed by atoms with van der Waals surface area (Å²) < 4.78 is 0. The van der Waals surface area contributed by atoms with Crippen molar-refractivity contribution >= 4 is 23.2 Å². The highest BCUT2D eigenvalue weighted by molar-refractivity contribution is 6.33. The lowest BCUT2D eigenvalue weighted by atomic mass is 10.1. The van der Waals surface area contributed by atoms with Crippen LogP contribution in [0.15, 0.2) is 24.3 Å². The first-order chi connectivity index (χ1) is 9.54. The van der Waals surface area contributed by atoms with E-state index in [1.165, 1.54) is 0 Å². The molecular weight excluding hydrogens is 274 g/mol. The minimum atomic E-state index is -0.0892. The maximum atomic E-state index is 12.0. The van der Waals surface area contributed by atoms with E-state index in [2.05, 4.69) is 15.5 Å². The third kappa shape index (κ3) is 2.85. The standard InChI is InChI=1S/C15H18ClN3O/c1-4-12-14(17-15(20)9(2)3)13(19-18-12)10-7-5-6-8-11(10)16/h5-9H,4H2,1-3H3,(H,17,20)(H,18,19). The van der Waals surface area contributed by atoms with E-state index in [1.54, 1.807) is 0 Å². The summed E-state index contributed by atoms with van der Waals surface area (Å²) in [5, 5.41) is 10.8. The first-order valence-electron chi connectivity index (χ1n) is 6.67. The molecular formula is C15H18ClN3O. The Kier molecular flexibility index (Phi) is 4.45. The number of aryl methyl sites for hydroxylation is 1. The maximum absolute atomic E-state index is 12.0. The molecule has 2 N–H and O–H groups in total. The van der Waals surface area contributed by atoms with E-state index in [4.69, 9.17) is 11.6 Å². The van der Waals surface area contributed by atoms with Gasteiger partial charge in [0.2, 0.25) is 5.91 Å². The second kappa shape index (κ2) is 6.09. The summed E-state index contributed by atoms with van der Waals surface area (Å²) in [5.41, 5.74) is 3.11. The van der Waals surface area contributed by atoms with Crippen LogP contribution in [0.5, 0.6) is 0 Å². The predicted molar refractivity (Wildman–Crippen MR) is 81.9 cm³/mol. The molecule has 1 aromatic heterocycles. The monoisotopic (exact) mass is 291 g/mol. The number of anilines is 1. The molecule has 0 spiro atoms. The van der Waals surface area contributed by atoms with Gasteiger partial charge in [-0.05, 0) is 12.5 Å². The summed E-state index contributed by atoms with van der Waals surface area (Å²) in [6.45, 7) is 5.72. The number of hydrogen-bond donors (Lipinski definition) is 2. The van der Waals surface area contributed by atoms with Gasteiger partial charge >= 0.3 is 0 Å². The van der Waals surface area contributed by atoms with Crippen molar-refractivity contribution in [3.8, 4) is 11.3 Å². The van der Waals surface area contributed by atoms with E-state index < -0.39 is 0 Å². The van der Waals surface area contributed by atoms with Crippen LogP contribution in [0.1, 0.15) is 26.5 Å². The van der Waals surface area contributed by atoms with Crippen molar-refractivity contribution in [3.05, 3.63) is 35.0 Å². The number of carbonyl (C=O) groups is 1. The van der Waals surface area contributed by atoms with Gasteiger partial charge < -0.3 is 5.32 Å². The van der Waals surface area contributed by atoms with Crippen LogP contribution < -0.4 is 5.32 Å². The molecule has 0 saturated carbocycles. The summed E-state index contributed by atoms with van der Waals surface area (Å²) in [7, 11) is 0. The topological polar surface area (TPSA) is 57.8 Å². The summed E-state index contributed by atoms with van der Waals surface area (Å²) in [5.74, 6) is -0.122. The lowest BCUT2D eigenvalue weighted by Gasteiger charge is -2.10. The van der Waals surface area contributed by atoms with Crippen molar-refractivity contribution in [2.75, 3.05) is 5.32 Å². The number of halogens is 1. The molecule has 106 valence electrons. The van der Waals surface area contributed by atoms with Crippen LogP contribution in [0, 0.1) is 5.92 Å². The highest BCUT2D eigenvalue weighted by Crippen LogP contribution is 2.33. The number of carbonyl (C=O) groups excluding carboxylic acids is 1. The fourth-order valence-electron chi connectivity index (χ4n) is 1.88. The fourth-order valence-corrected chi connectivity index (χ4v) is 2.11. The molecule has 1 amide bonds. The molecule has 1 heterocycles. The molecule has 0 radical (unpaired) electrons. The van der Waals surface area contributed by atoms with E-state index in [1.807, 2.05) is 45.0 Å². The number of hydrogen-bond acceptors (Lipinski definition) is 2. The van der Waals surface area contributed by atoms with Crippen molar-refractivity contribution < 1.29 is 4.79 Å². The highest BCUT2D eigenvalue weighted by atomic mass is 35.5. The lowest BCUT2D eigenvalue weighted by molar-refractivity contribution is -0.118. The Morgan fingerprint density at radius 2 is 2.10 bits per heavy atom. The molecule has 0 fully saturated rings. The number of benzene rings is 1. The number of amides is 1. The third-order valence-electron chi connectivity index (χ3n) is 3.10. The van der Waals surface area contributed by atoms with E-state index in [0.717, 1.165) is 23.4 Å². The molecule has 0 bridgehead atoms. The van der Waals surface area contributed by atoms with Gasteiger partial charge in [0.05, 0.1) is 16.4 Å². The Bertz CT molecular complexity index is 619. The number of nitrogens with one attached hydrogen (secondary N) is 2. The highest BCUT2D eigenvalue weighted by Gasteiger charge is 2.19. The van der Waals surface area contributed by atoms with Gasteiger partial charge in [0.1, 0.15) is 5.69 Å². The summed E-state index contributed by atoms with van der Waals surface area (Å²) in [6, 6.07) is 7.47. The normalized spacial score (nSPS) is 10.8. The first kappa shape index (κ1) is 14.6. The van der Waals surface area contributed by atoms with Crippen molar-refractivity contribution in [2.45, 2.75) is 27.2 Å². The third-order valence-corrected chi connectivity index (χ3v) is 3.43. The quantitative estimate of drug-likeness (QED) is 0.898. The molecule has 5 heteroatoms. The smallest absolute Gasteiger partial charge is 0.227 e. The van der Waals surface area contributed by atoms with Crippen LogP contribution in [0.3, 0.4) is 0 Å². The average Bonchev–Trinajstić information content (AvgIpc) is 2.82. The van der Waals surface area contributed by atoms with Crippen molar-refractivity contribution in [1.82, 2.24) is 10.2 Å². The first-order valence-corrected chi connectivity index (χ1v) is 7.05. The van der Waals surface area contributed by atoms with Crippen LogP contribution in [0.4, 0.5) is 5.69 Å². The van der Waals surface area contributed by atoms with Gasteiger partial charge in [-0.3, -0.25) is 9.89 Å². The Morgan fingerprint density at radius 1 is 1.40 bits per heavy atom. The Morgan fingerprint density at radius 3 is 2.70 bits per heavy atom. The van der Waals surface area contributed by atoms with Crippen molar-refractivity contribution in [3.63, 3.8) is 0 Å². The van der Waals surface area contributed by atoms with Gasteiger partial charge in [0.25, 0.3) is 0 Å². The summed E-state index contributed by atoms with van der Waals surface area (Å²) in [6.07, 6.45) is 0.755. The second-order valence-corrected chi connectivity index (χ2v) is 5.31. The van der Waals surface area contributed by atoms with Gasteiger partial charge in [-0.25, -0.2) is 0 Å². The largest absolute Gasteiger partial charge is 0.322 e. The maximum Gasteiger partial charge on any atom is 0.227 e. The van der Waals surface area contributed by atoms with E-state index in [-0.39, 0.29) is 11.8 Å². The molecule has 1 aromatic carbocycles. The predicted octanol–water partition coefficient (Wildman–Crippen LogP) is 3.89. The van der Waals surface area contributed by atoms with Crippen molar-refractivity contribution in [1.29, 1.82) is 0 Å². The minimum absolute atomic E-state index is 0.0330. The van der Waals surface area contributed by atoms with Crippen LogP contribution in [-0.2, 0) is 11.2 Å². The van der Waals surface area contributed by atoms with Crippen LogP contribution in [0.2, 0.25) is 5.02 Å². The van der Waals surface area contributed by atoms with E-state index >= 15 is 0 Å². The number of nitrogens with zero attached hydrogens (tertiary/aromatic N) is 1. The Balaban J connectivity index is 2.47. The molecule has 4 nitrogen and oxygen atoms in total. The molecule has 2 aromatic rings. The zero-order valence-electron chi connectivity index (χ0n) is 11.8. The molecule has 0 aliphatic heterocycles. The zero-order chi connectivity index (χ0) is 14.7. The lowest BCUT2D eigenvalue weighted by Crippen LogP contribution is -2.18. The number of aromatic amines is 1. The number of H-pyrrole nitrogens is 1. The van der Waals surface area contributed by atoms with E-state index in [0.29, 0.717) is 10.7 Å². The summed E-state index contributed by atoms with van der Waals surface area (Å²) >= 11 is 6.22. The van der Waals surface area contributed by atoms with Crippen LogP contribution in [0.25, 0.3) is 11.3 Å². The number of rotatable bonds is 4. The Labute approximate surface area is 123 Å². The molecule has 0 atom stereocenters. The van der Waals surface area contributed by atoms with Gasteiger partial charge in [0, 0.05) is 11.5 Å². The van der Waals surface area contributed by atoms with Gasteiger partial charge in [-0.15, -0.1) is 0 Å². The molecule has 0 unspecified atom stereocenters. The molecule has 0 aliphatic rings. The van der Waals surface area contributed by atoms with Crippen LogP contribution >= 0.6 is 11.6 Å².